The fourth-order valence-electron chi connectivity index (χ4n) is 1.45. The van der Waals surface area contributed by atoms with Gasteiger partial charge in [-0.3, -0.25) is 10.1 Å². The smallest absolute Gasteiger partial charge is 0.258 e. The fraction of sp³-hybridized carbons (Fsp3) is 0.100. The average molecular weight is 309 g/mol. The van der Waals surface area contributed by atoms with Crippen LogP contribution in [-0.4, -0.2) is 9.91 Å². The zero-order valence-electron chi connectivity index (χ0n) is 8.94. The van der Waals surface area contributed by atoms with Crippen LogP contribution in [0.4, 0.5) is 18.9 Å². The molecule has 100 valence electrons. The number of benzene rings is 1. The third-order valence-corrected chi connectivity index (χ3v) is 3.39. The first-order valence-electron chi connectivity index (χ1n) is 4.77. The van der Waals surface area contributed by atoms with E-state index < -0.39 is 21.7 Å². The van der Waals surface area contributed by atoms with E-state index in [0.29, 0.717) is 0 Å². The lowest BCUT2D eigenvalue weighted by molar-refractivity contribution is -0.384. The molecule has 0 N–H and O–H groups in total. The van der Waals surface area contributed by atoms with Crippen molar-refractivity contribution in [2.24, 2.45) is 0 Å². The van der Waals surface area contributed by atoms with Gasteiger partial charge in [-0.15, -0.1) is 0 Å². The SMILES string of the molecule is O=[N+]([O-])c1cccc(-c2nc(Cl)sc2C(F)(F)F)c1. The molecule has 0 saturated carbocycles. The van der Waals surface area contributed by atoms with Crippen molar-refractivity contribution in [2.45, 2.75) is 6.18 Å². The molecule has 19 heavy (non-hydrogen) atoms. The molecule has 2 aromatic rings. The van der Waals surface area contributed by atoms with Crippen LogP contribution in [0.3, 0.4) is 0 Å². The van der Waals surface area contributed by atoms with Gasteiger partial charge in [0.25, 0.3) is 5.69 Å². The Morgan fingerprint density at radius 1 is 1.37 bits per heavy atom. The van der Waals surface area contributed by atoms with E-state index in [-0.39, 0.29) is 27.1 Å². The van der Waals surface area contributed by atoms with E-state index in [1.807, 2.05) is 0 Å². The van der Waals surface area contributed by atoms with Gasteiger partial charge in [-0.25, -0.2) is 4.98 Å². The van der Waals surface area contributed by atoms with Crippen LogP contribution in [0, 0.1) is 10.1 Å². The number of hydrogen-bond acceptors (Lipinski definition) is 4. The molecule has 0 fully saturated rings. The highest BCUT2D eigenvalue weighted by Gasteiger charge is 2.37. The molecule has 0 amide bonds. The van der Waals surface area contributed by atoms with E-state index in [0.717, 1.165) is 6.07 Å². The lowest BCUT2D eigenvalue weighted by Gasteiger charge is -2.05. The van der Waals surface area contributed by atoms with Crippen molar-refractivity contribution in [3.8, 4) is 11.3 Å². The summed E-state index contributed by atoms with van der Waals surface area (Å²) in [5.74, 6) is 0. The average Bonchev–Trinajstić information content (AvgIpc) is 2.71. The fourth-order valence-corrected chi connectivity index (χ4v) is 2.45. The van der Waals surface area contributed by atoms with E-state index in [1.54, 1.807) is 0 Å². The molecule has 1 aromatic heterocycles. The van der Waals surface area contributed by atoms with E-state index in [4.69, 9.17) is 11.6 Å². The molecule has 0 atom stereocenters. The lowest BCUT2D eigenvalue weighted by Crippen LogP contribution is -2.04. The summed E-state index contributed by atoms with van der Waals surface area (Å²) in [7, 11) is 0. The number of halogens is 4. The third kappa shape index (κ3) is 2.85. The number of aromatic nitrogens is 1. The first-order chi connectivity index (χ1) is 8.79. The molecule has 1 aromatic carbocycles. The number of thiazole rings is 1. The molecule has 0 saturated heterocycles. The van der Waals surface area contributed by atoms with Crippen molar-refractivity contribution in [3.05, 3.63) is 43.7 Å². The van der Waals surface area contributed by atoms with Crippen LogP contribution in [0.25, 0.3) is 11.3 Å². The second kappa shape index (κ2) is 4.78. The Bertz CT molecular complexity index is 642. The molecule has 0 bridgehead atoms. The highest BCUT2D eigenvalue weighted by molar-refractivity contribution is 7.16. The second-order valence-electron chi connectivity index (χ2n) is 3.45. The summed E-state index contributed by atoms with van der Waals surface area (Å²) in [5.41, 5.74) is -0.703. The zero-order valence-corrected chi connectivity index (χ0v) is 10.5. The Balaban J connectivity index is 2.59. The minimum absolute atomic E-state index is 0.00433. The van der Waals surface area contributed by atoms with E-state index in [2.05, 4.69) is 4.98 Å². The minimum atomic E-state index is -4.61. The molecule has 0 spiro atoms. The Kier molecular flexibility index (Phi) is 3.46. The van der Waals surface area contributed by atoms with Crippen LogP contribution >= 0.6 is 22.9 Å². The van der Waals surface area contributed by atoms with Crippen molar-refractivity contribution in [2.75, 3.05) is 0 Å². The number of rotatable bonds is 2. The second-order valence-corrected chi connectivity index (χ2v) is 5.03. The Hall–Kier alpha value is -1.67. The monoisotopic (exact) mass is 308 g/mol. The van der Waals surface area contributed by atoms with Crippen molar-refractivity contribution in [1.29, 1.82) is 0 Å². The van der Waals surface area contributed by atoms with Gasteiger partial charge in [-0.05, 0) is 0 Å². The Morgan fingerprint density at radius 3 is 2.63 bits per heavy atom. The third-order valence-electron chi connectivity index (χ3n) is 2.19. The summed E-state index contributed by atoms with van der Waals surface area (Å²) in [4.78, 5) is 12.5. The van der Waals surface area contributed by atoms with Gasteiger partial charge in [0.2, 0.25) is 0 Å². The number of hydrogen-bond donors (Lipinski definition) is 0. The molecule has 0 unspecified atom stereocenters. The van der Waals surface area contributed by atoms with Crippen LogP contribution in [0.2, 0.25) is 4.47 Å². The molecular formula is C10H4ClF3N2O2S. The maximum absolute atomic E-state index is 12.8. The Labute approximate surface area is 113 Å². The topological polar surface area (TPSA) is 56.0 Å². The number of nitro groups is 1. The molecule has 0 aliphatic rings. The van der Waals surface area contributed by atoms with E-state index in [1.165, 1.54) is 18.2 Å². The number of alkyl halides is 3. The van der Waals surface area contributed by atoms with Crippen LogP contribution in [-0.2, 0) is 6.18 Å². The first kappa shape index (κ1) is 13.8. The van der Waals surface area contributed by atoms with Crippen LogP contribution < -0.4 is 0 Å². The summed E-state index contributed by atoms with van der Waals surface area (Å²) in [5, 5.41) is 10.6. The van der Waals surface area contributed by atoms with Gasteiger partial charge < -0.3 is 0 Å². The van der Waals surface area contributed by atoms with E-state index in [9.17, 15) is 23.3 Å². The molecule has 4 nitrogen and oxygen atoms in total. The number of nitrogens with zero attached hydrogens (tertiary/aromatic N) is 2. The summed E-state index contributed by atoms with van der Waals surface area (Å²) in [6.45, 7) is 0. The molecule has 0 radical (unpaired) electrons. The zero-order chi connectivity index (χ0) is 14.2. The molecule has 9 heteroatoms. The van der Waals surface area contributed by atoms with Gasteiger partial charge in [-0.1, -0.05) is 35.1 Å². The van der Waals surface area contributed by atoms with Gasteiger partial charge in [0.15, 0.2) is 4.47 Å². The summed E-state index contributed by atoms with van der Waals surface area (Å²) in [6, 6.07) is 4.82. The van der Waals surface area contributed by atoms with Gasteiger partial charge in [-0.2, -0.15) is 13.2 Å². The minimum Gasteiger partial charge on any atom is -0.258 e. The van der Waals surface area contributed by atoms with Crippen molar-refractivity contribution in [1.82, 2.24) is 4.98 Å². The molecule has 1 heterocycles. The van der Waals surface area contributed by atoms with Crippen molar-refractivity contribution >= 4 is 28.6 Å². The quantitative estimate of drug-likeness (QED) is 0.610. The largest absolute Gasteiger partial charge is 0.427 e. The number of nitro benzene ring substituents is 1. The van der Waals surface area contributed by atoms with Crippen LogP contribution in [0.15, 0.2) is 24.3 Å². The summed E-state index contributed by atoms with van der Waals surface area (Å²) in [6.07, 6.45) is -4.61. The first-order valence-corrected chi connectivity index (χ1v) is 5.97. The highest BCUT2D eigenvalue weighted by Crippen LogP contribution is 2.42. The van der Waals surface area contributed by atoms with Crippen molar-refractivity contribution < 1.29 is 18.1 Å². The molecular weight excluding hydrogens is 305 g/mol. The summed E-state index contributed by atoms with van der Waals surface area (Å²) < 4.78 is 38.1. The van der Waals surface area contributed by atoms with Gasteiger partial charge >= 0.3 is 6.18 Å². The number of non-ortho nitro benzene ring substituents is 1. The Morgan fingerprint density at radius 2 is 2.05 bits per heavy atom. The van der Waals surface area contributed by atoms with Crippen LogP contribution in [0.1, 0.15) is 4.88 Å². The standard InChI is InChI=1S/C10H4ClF3N2O2S/c11-9-15-7(8(19-9)10(12,13)14)5-2-1-3-6(4-5)16(17)18/h1-4H. The van der Waals surface area contributed by atoms with Gasteiger partial charge in [0.05, 0.1) is 10.6 Å². The lowest BCUT2D eigenvalue weighted by atomic mass is 10.1. The predicted molar refractivity (Wildman–Crippen MR) is 64.2 cm³/mol. The molecule has 2 rings (SSSR count). The van der Waals surface area contributed by atoms with E-state index >= 15 is 0 Å². The van der Waals surface area contributed by atoms with Crippen molar-refractivity contribution in [3.63, 3.8) is 0 Å². The van der Waals surface area contributed by atoms with Gasteiger partial charge in [0.1, 0.15) is 4.88 Å². The highest BCUT2D eigenvalue weighted by atomic mass is 35.5. The summed E-state index contributed by atoms with van der Waals surface area (Å²) >= 11 is 5.79. The maximum Gasteiger partial charge on any atom is 0.427 e. The molecule has 0 aliphatic heterocycles. The molecule has 0 aliphatic carbocycles. The normalized spacial score (nSPS) is 11.6. The van der Waals surface area contributed by atoms with Gasteiger partial charge in [0, 0.05) is 17.7 Å². The predicted octanol–water partition coefficient (Wildman–Crippen LogP) is 4.39. The van der Waals surface area contributed by atoms with Crippen LogP contribution in [0.5, 0.6) is 0 Å². The maximum atomic E-state index is 12.8.